The molecule has 2 amide bonds. The molecule has 1 saturated heterocycles. The summed E-state index contributed by atoms with van der Waals surface area (Å²) in [6, 6.07) is 8.07. The standard InChI is InChI=1S/C19H18N2O2S/c22-16-9-19(8-7-12-3-1-2-4-15(12)19)18(23)21(16)10-14-11-24-17(20-14)13-5-6-13/h1-4,11,13H,5-10H2/t19-/m1/s1. The first kappa shape index (κ1) is 14.3. The second kappa shape index (κ2) is 4.99. The molecule has 1 atom stereocenters. The van der Waals surface area contributed by atoms with Gasteiger partial charge in [-0.2, -0.15) is 0 Å². The molecular formula is C19H18N2O2S. The zero-order chi connectivity index (χ0) is 16.3. The normalized spacial score (nSPS) is 25.8. The number of nitrogens with zero attached hydrogens (tertiary/aromatic N) is 2. The molecule has 0 radical (unpaired) electrons. The van der Waals surface area contributed by atoms with Crippen molar-refractivity contribution < 1.29 is 9.59 Å². The lowest BCUT2D eigenvalue weighted by atomic mass is 9.80. The van der Waals surface area contributed by atoms with Gasteiger partial charge in [0.25, 0.3) is 0 Å². The summed E-state index contributed by atoms with van der Waals surface area (Å²) in [5, 5.41) is 3.16. The van der Waals surface area contributed by atoms with E-state index in [0.717, 1.165) is 29.1 Å². The van der Waals surface area contributed by atoms with E-state index in [1.165, 1.54) is 23.3 Å². The molecular weight excluding hydrogens is 320 g/mol. The molecule has 1 aromatic carbocycles. The van der Waals surface area contributed by atoms with Gasteiger partial charge in [-0.15, -0.1) is 11.3 Å². The van der Waals surface area contributed by atoms with Crippen molar-refractivity contribution in [2.24, 2.45) is 0 Å². The molecule has 1 spiro atoms. The first-order chi connectivity index (χ1) is 11.7. The minimum absolute atomic E-state index is 0.0292. The van der Waals surface area contributed by atoms with E-state index in [1.807, 2.05) is 23.6 Å². The SMILES string of the molecule is O=C1C[C@@]2(CCc3ccccc32)C(=O)N1Cc1csc(C2CC2)n1. The van der Waals surface area contributed by atoms with Gasteiger partial charge in [0.2, 0.25) is 11.8 Å². The summed E-state index contributed by atoms with van der Waals surface area (Å²) in [7, 11) is 0. The van der Waals surface area contributed by atoms with Crippen LogP contribution >= 0.6 is 11.3 Å². The van der Waals surface area contributed by atoms with Gasteiger partial charge < -0.3 is 0 Å². The zero-order valence-corrected chi connectivity index (χ0v) is 14.1. The lowest BCUT2D eigenvalue weighted by molar-refractivity contribution is -0.140. The van der Waals surface area contributed by atoms with Crippen LogP contribution in [0.2, 0.25) is 0 Å². The molecule has 1 aromatic heterocycles. The summed E-state index contributed by atoms with van der Waals surface area (Å²) in [4.78, 5) is 31.8. The lowest BCUT2D eigenvalue weighted by Gasteiger charge is -2.22. The fraction of sp³-hybridized carbons (Fsp3) is 0.421. The Morgan fingerprint density at radius 1 is 1.25 bits per heavy atom. The lowest BCUT2D eigenvalue weighted by Crippen LogP contribution is -2.36. The number of hydrogen-bond acceptors (Lipinski definition) is 4. The highest BCUT2D eigenvalue weighted by Crippen LogP contribution is 2.47. The van der Waals surface area contributed by atoms with Crippen molar-refractivity contribution >= 4 is 23.2 Å². The largest absolute Gasteiger partial charge is 0.276 e. The molecule has 3 aliphatic rings. The first-order valence-corrected chi connectivity index (χ1v) is 9.43. The number of fused-ring (bicyclic) bond motifs is 2. The predicted molar refractivity (Wildman–Crippen MR) is 90.7 cm³/mol. The van der Waals surface area contributed by atoms with Crippen LogP contribution < -0.4 is 0 Å². The van der Waals surface area contributed by atoms with E-state index >= 15 is 0 Å². The molecule has 24 heavy (non-hydrogen) atoms. The monoisotopic (exact) mass is 338 g/mol. The Balaban J connectivity index is 1.44. The van der Waals surface area contributed by atoms with Crippen LogP contribution in [0.5, 0.6) is 0 Å². The maximum atomic E-state index is 13.1. The molecule has 0 bridgehead atoms. The molecule has 0 N–H and O–H groups in total. The molecule has 1 saturated carbocycles. The maximum absolute atomic E-state index is 13.1. The number of amides is 2. The second-order valence-corrected chi connectivity index (χ2v) is 8.04. The van der Waals surface area contributed by atoms with Gasteiger partial charge in [0.1, 0.15) is 0 Å². The highest BCUT2D eigenvalue weighted by Gasteiger charge is 2.55. The van der Waals surface area contributed by atoms with Gasteiger partial charge in [-0.25, -0.2) is 4.98 Å². The highest BCUT2D eigenvalue weighted by molar-refractivity contribution is 7.09. The van der Waals surface area contributed by atoms with Crippen molar-refractivity contribution in [1.29, 1.82) is 0 Å². The highest BCUT2D eigenvalue weighted by atomic mass is 32.1. The zero-order valence-electron chi connectivity index (χ0n) is 13.3. The minimum atomic E-state index is -0.622. The topological polar surface area (TPSA) is 50.3 Å². The average Bonchev–Trinajstić information content (AvgIpc) is 3.15. The third kappa shape index (κ3) is 2.00. The molecule has 5 heteroatoms. The molecule has 2 heterocycles. The Kier molecular flexibility index (Phi) is 2.98. The smallest absolute Gasteiger partial charge is 0.240 e. The number of carbonyl (C=O) groups is 2. The van der Waals surface area contributed by atoms with Crippen LogP contribution in [0, 0.1) is 0 Å². The van der Waals surface area contributed by atoms with Crippen LogP contribution in [0.15, 0.2) is 29.6 Å². The van der Waals surface area contributed by atoms with Gasteiger partial charge in [0, 0.05) is 17.7 Å². The quantitative estimate of drug-likeness (QED) is 0.808. The van der Waals surface area contributed by atoms with Crippen molar-refractivity contribution in [2.75, 3.05) is 0 Å². The minimum Gasteiger partial charge on any atom is -0.276 e. The molecule has 4 nitrogen and oxygen atoms in total. The summed E-state index contributed by atoms with van der Waals surface area (Å²) < 4.78 is 0. The van der Waals surface area contributed by atoms with Crippen LogP contribution in [-0.4, -0.2) is 21.7 Å². The van der Waals surface area contributed by atoms with Crippen LogP contribution in [0.1, 0.15) is 53.4 Å². The Morgan fingerprint density at radius 2 is 2.08 bits per heavy atom. The number of aryl methyl sites for hydroxylation is 1. The van der Waals surface area contributed by atoms with Crippen LogP contribution in [0.4, 0.5) is 0 Å². The average molecular weight is 338 g/mol. The van der Waals surface area contributed by atoms with Crippen molar-refractivity contribution in [3.8, 4) is 0 Å². The Morgan fingerprint density at radius 3 is 2.92 bits per heavy atom. The summed E-state index contributed by atoms with van der Waals surface area (Å²) >= 11 is 1.66. The molecule has 2 fully saturated rings. The van der Waals surface area contributed by atoms with Crippen LogP contribution in [0.25, 0.3) is 0 Å². The summed E-state index contributed by atoms with van der Waals surface area (Å²) in [6.45, 7) is 0.324. The molecule has 122 valence electrons. The summed E-state index contributed by atoms with van der Waals surface area (Å²) in [6.07, 6.45) is 4.37. The number of carbonyl (C=O) groups excluding carboxylic acids is 2. The Bertz CT molecular complexity index is 855. The van der Waals surface area contributed by atoms with Crippen molar-refractivity contribution in [1.82, 2.24) is 9.88 Å². The third-order valence-corrected chi connectivity index (χ3v) is 6.63. The van der Waals surface area contributed by atoms with Gasteiger partial charge in [-0.1, -0.05) is 24.3 Å². The molecule has 5 rings (SSSR count). The number of aromatic nitrogens is 1. The number of hydrogen-bond donors (Lipinski definition) is 0. The fourth-order valence-electron chi connectivity index (χ4n) is 4.13. The number of likely N-dealkylation sites (tertiary alicyclic amines) is 1. The van der Waals surface area contributed by atoms with Crippen molar-refractivity contribution in [2.45, 2.75) is 50.0 Å². The first-order valence-electron chi connectivity index (χ1n) is 8.55. The predicted octanol–water partition coefficient (Wildman–Crippen LogP) is 3.16. The van der Waals surface area contributed by atoms with Crippen molar-refractivity contribution in [3.05, 3.63) is 51.5 Å². The van der Waals surface area contributed by atoms with Gasteiger partial charge in [-0.05, 0) is 36.8 Å². The fourth-order valence-corrected chi connectivity index (χ4v) is 5.11. The van der Waals surface area contributed by atoms with Crippen LogP contribution in [0.3, 0.4) is 0 Å². The van der Waals surface area contributed by atoms with E-state index in [1.54, 1.807) is 11.3 Å². The molecule has 1 aliphatic heterocycles. The molecule has 2 aromatic rings. The molecule has 0 unspecified atom stereocenters. The summed E-state index contributed by atoms with van der Waals surface area (Å²) in [5.74, 6) is 0.526. The van der Waals surface area contributed by atoms with Gasteiger partial charge in [-0.3, -0.25) is 14.5 Å². The maximum Gasteiger partial charge on any atom is 0.240 e. The van der Waals surface area contributed by atoms with E-state index in [9.17, 15) is 9.59 Å². The number of rotatable bonds is 3. The van der Waals surface area contributed by atoms with Crippen molar-refractivity contribution in [3.63, 3.8) is 0 Å². The van der Waals surface area contributed by atoms with Gasteiger partial charge in [0.05, 0.1) is 22.7 Å². The van der Waals surface area contributed by atoms with E-state index in [2.05, 4.69) is 11.1 Å². The number of thiazole rings is 1. The number of benzene rings is 1. The van der Waals surface area contributed by atoms with E-state index < -0.39 is 5.41 Å². The van der Waals surface area contributed by atoms with Gasteiger partial charge >= 0.3 is 0 Å². The van der Waals surface area contributed by atoms with E-state index in [-0.39, 0.29) is 11.8 Å². The van der Waals surface area contributed by atoms with Gasteiger partial charge in [0.15, 0.2) is 0 Å². The number of imide groups is 1. The third-order valence-electron chi connectivity index (χ3n) is 5.58. The Hall–Kier alpha value is -2.01. The molecule has 2 aliphatic carbocycles. The Labute approximate surface area is 144 Å². The van der Waals surface area contributed by atoms with Crippen LogP contribution in [-0.2, 0) is 28.0 Å². The van der Waals surface area contributed by atoms with E-state index in [4.69, 9.17) is 0 Å². The summed E-state index contributed by atoms with van der Waals surface area (Å²) in [5.41, 5.74) is 2.50. The second-order valence-electron chi connectivity index (χ2n) is 7.15. The van der Waals surface area contributed by atoms with E-state index in [0.29, 0.717) is 18.9 Å².